The lowest BCUT2D eigenvalue weighted by Crippen LogP contribution is -2.31. The summed E-state index contributed by atoms with van der Waals surface area (Å²) >= 11 is 6.34. The van der Waals surface area contributed by atoms with Crippen molar-refractivity contribution in [2.45, 2.75) is 52.9 Å². The zero-order valence-electron chi connectivity index (χ0n) is 19.1. The first-order chi connectivity index (χ1) is 15.7. The normalized spacial score (nSPS) is 11.8. The summed E-state index contributed by atoms with van der Waals surface area (Å²) in [5.41, 5.74) is 2.66. The second-order valence-electron chi connectivity index (χ2n) is 7.91. The Balaban J connectivity index is 1.75. The molecule has 7 nitrogen and oxygen atoms in total. The van der Waals surface area contributed by atoms with E-state index in [-0.39, 0.29) is 25.0 Å². The number of aryl methyl sites for hydroxylation is 2. The van der Waals surface area contributed by atoms with E-state index in [1.54, 1.807) is 62.4 Å². The monoisotopic (exact) mass is 470 g/mol. The molecule has 0 saturated heterocycles. The summed E-state index contributed by atoms with van der Waals surface area (Å²) in [4.78, 5) is 25.4. The molecular formula is C25H27ClN2O5. The van der Waals surface area contributed by atoms with Crippen molar-refractivity contribution in [1.29, 1.82) is 0 Å². The third kappa shape index (κ3) is 6.58. The average molecular weight is 471 g/mol. The fourth-order valence-corrected chi connectivity index (χ4v) is 3.57. The van der Waals surface area contributed by atoms with Gasteiger partial charge in [0, 0.05) is 10.6 Å². The number of aromatic nitrogens is 1. The molecule has 0 bridgehead atoms. The number of hydrogen-bond acceptors (Lipinski definition) is 6. The van der Waals surface area contributed by atoms with Crippen LogP contribution in [0.4, 0.5) is 0 Å². The molecule has 0 saturated carbocycles. The molecular weight excluding hydrogens is 444 g/mol. The quantitative estimate of drug-likeness (QED) is 0.424. The van der Waals surface area contributed by atoms with Crippen LogP contribution in [0, 0.1) is 13.8 Å². The lowest BCUT2D eigenvalue weighted by molar-refractivity contribution is -0.147. The molecule has 0 aliphatic carbocycles. The van der Waals surface area contributed by atoms with Crippen LogP contribution in [0.2, 0.25) is 5.02 Å². The highest BCUT2D eigenvalue weighted by Crippen LogP contribution is 2.26. The first-order valence-corrected chi connectivity index (χ1v) is 11.0. The number of benzene rings is 2. The predicted octanol–water partition coefficient (Wildman–Crippen LogP) is 5.34. The number of amides is 1. The first-order valence-electron chi connectivity index (χ1n) is 10.6. The van der Waals surface area contributed by atoms with E-state index in [9.17, 15) is 9.59 Å². The van der Waals surface area contributed by atoms with Gasteiger partial charge in [0.25, 0.3) is 5.91 Å². The van der Waals surface area contributed by atoms with E-state index in [2.05, 4.69) is 10.5 Å². The largest absolute Gasteiger partial charge is 0.489 e. The smallest absolute Gasteiger partial charge is 0.308 e. The number of carbonyl (C=O) groups excluding carboxylic acids is 2. The van der Waals surface area contributed by atoms with E-state index in [0.29, 0.717) is 27.7 Å². The van der Waals surface area contributed by atoms with Crippen LogP contribution in [0.15, 0.2) is 53.1 Å². The minimum absolute atomic E-state index is 0.0457. The van der Waals surface area contributed by atoms with Gasteiger partial charge in [0.1, 0.15) is 18.1 Å². The van der Waals surface area contributed by atoms with Crippen molar-refractivity contribution < 1.29 is 23.6 Å². The van der Waals surface area contributed by atoms with E-state index >= 15 is 0 Å². The highest BCUT2D eigenvalue weighted by atomic mass is 35.5. The van der Waals surface area contributed by atoms with Crippen LogP contribution in [-0.2, 0) is 16.1 Å². The molecule has 8 heteroatoms. The molecule has 1 amide bonds. The lowest BCUT2D eigenvalue weighted by atomic mass is 10.0. The van der Waals surface area contributed by atoms with Crippen LogP contribution in [-0.4, -0.2) is 23.1 Å². The zero-order chi connectivity index (χ0) is 24.0. The Morgan fingerprint density at radius 3 is 2.55 bits per heavy atom. The third-order valence-electron chi connectivity index (χ3n) is 4.98. The molecule has 0 fully saturated rings. The molecule has 33 heavy (non-hydrogen) atoms. The van der Waals surface area contributed by atoms with Crippen molar-refractivity contribution in [2.24, 2.45) is 0 Å². The molecule has 1 N–H and O–H groups in total. The summed E-state index contributed by atoms with van der Waals surface area (Å²) in [6, 6.07) is 13.2. The van der Waals surface area contributed by atoms with E-state index in [0.717, 1.165) is 11.3 Å². The lowest BCUT2D eigenvalue weighted by Gasteiger charge is -2.20. The highest BCUT2D eigenvalue weighted by molar-refractivity contribution is 6.31. The Morgan fingerprint density at radius 2 is 1.88 bits per heavy atom. The SMILES string of the molecule is Cc1noc(C)c1COc1cccc(C(=O)NC(CC(=O)OC(C)C)c2ccccc2Cl)c1. The summed E-state index contributed by atoms with van der Waals surface area (Å²) in [5, 5.41) is 7.28. The molecule has 3 aromatic rings. The Kier molecular flexibility index (Phi) is 8.11. The van der Waals surface area contributed by atoms with Gasteiger partial charge in [-0.1, -0.05) is 41.0 Å². The minimum Gasteiger partial charge on any atom is -0.489 e. The number of nitrogens with one attached hydrogen (secondary N) is 1. The van der Waals surface area contributed by atoms with Gasteiger partial charge in [-0.3, -0.25) is 9.59 Å². The van der Waals surface area contributed by atoms with Crippen LogP contribution in [0.25, 0.3) is 0 Å². The first kappa shape index (κ1) is 24.3. The molecule has 1 atom stereocenters. The molecule has 0 spiro atoms. The number of halogens is 1. The summed E-state index contributed by atoms with van der Waals surface area (Å²) in [7, 11) is 0. The summed E-state index contributed by atoms with van der Waals surface area (Å²) in [5.74, 6) is 0.431. The number of esters is 1. The Morgan fingerprint density at radius 1 is 1.12 bits per heavy atom. The molecule has 0 aliphatic heterocycles. The number of rotatable bonds is 9. The number of nitrogens with zero attached hydrogens (tertiary/aromatic N) is 1. The van der Waals surface area contributed by atoms with Crippen LogP contribution in [0.1, 0.15) is 59.2 Å². The maximum absolute atomic E-state index is 13.0. The van der Waals surface area contributed by atoms with Gasteiger partial charge in [0.15, 0.2) is 0 Å². The average Bonchev–Trinajstić information content (AvgIpc) is 3.09. The number of hydrogen-bond donors (Lipinski definition) is 1. The van der Waals surface area contributed by atoms with Gasteiger partial charge in [-0.05, 0) is 57.5 Å². The van der Waals surface area contributed by atoms with Gasteiger partial charge in [0.2, 0.25) is 0 Å². The fourth-order valence-electron chi connectivity index (χ4n) is 3.31. The maximum atomic E-state index is 13.0. The molecule has 174 valence electrons. The second kappa shape index (κ2) is 11.0. The van der Waals surface area contributed by atoms with Gasteiger partial charge in [0.05, 0.1) is 29.8 Å². The fraction of sp³-hybridized carbons (Fsp3) is 0.320. The topological polar surface area (TPSA) is 90.7 Å². The summed E-state index contributed by atoms with van der Waals surface area (Å²) in [6.07, 6.45) is -0.303. The molecule has 3 rings (SSSR count). The maximum Gasteiger partial charge on any atom is 0.308 e. The van der Waals surface area contributed by atoms with Crippen molar-refractivity contribution in [2.75, 3.05) is 0 Å². The molecule has 1 unspecified atom stereocenters. The van der Waals surface area contributed by atoms with Crippen molar-refractivity contribution in [1.82, 2.24) is 10.5 Å². The zero-order valence-corrected chi connectivity index (χ0v) is 19.8. The van der Waals surface area contributed by atoms with Crippen molar-refractivity contribution in [3.05, 3.63) is 81.7 Å². The minimum atomic E-state index is -0.649. The Hall–Kier alpha value is -3.32. The van der Waals surface area contributed by atoms with Gasteiger partial charge in [-0.15, -0.1) is 0 Å². The third-order valence-corrected chi connectivity index (χ3v) is 5.33. The molecule has 2 aromatic carbocycles. The highest BCUT2D eigenvalue weighted by Gasteiger charge is 2.23. The molecule has 0 aliphatic rings. The van der Waals surface area contributed by atoms with Crippen LogP contribution in [0.3, 0.4) is 0 Å². The van der Waals surface area contributed by atoms with E-state index in [1.807, 2.05) is 13.8 Å². The molecule has 0 radical (unpaired) electrons. The van der Waals surface area contributed by atoms with Gasteiger partial charge >= 0.3 is 5.97 Å². The Bertz CT molecular complexity index is 1110. The van der Waals surface area contributed by atoms with E-state index in [1.165, 1.54) is 0 Å². The van der Waals surface area contributed by atoms with Gasteiger partial charge < -0.3 is 19.3 Å². The molecule has 1 heterocycles. The van der Waals surface area contributed by atoms with Gasteiger partial charge in [-0.2, -0.15) is 0 Å². The van der Waals surface area contributed by atoms with Gasteiger partial charge in [-0.25, -0.2) is 0 Å². The van der Waals surface area contributed by atoms with E-state index < -0.39 is 12.0 Å². The second-order valence-corrected chi connectivity index (χ2v) is 8.32. The van der Waals surface area contributed by atoms with Crippen LogP contribution < -0.4 is 10.1 Å². The van der Waals surface area contributed by atoms with Crippen LogP contribution >= 0.6 is 11.6 Å². The standard InChI is InChI=1S/C25H27ClN2O5/c1-15(2)32-24(29)13-23(20-10-5-6-11-22(20)26)27-25(30)18-8-7-9-19(12-18)31-14-21-16(3)28-33-17(21)4/h5-12,15,23H,13-14H2,1-4H3,(H,27,30). The van der Waals surface area contributed by atoms with Crippen molar-refractivity contribution >= 4 is 23.5 Å². The van der Waals surface area contributed by atoms with E-state index in [4.69, 9.17) is 25.6 Å². The number of ether oxygens (including phenoxy) is 2. The van der Waals surface area contributed by atoms with Crippen LogP contribution in [0.5, 0.6) is 5.75 Å². The number of carbonyl (C=O) groups is 2. The molecule has 1 aromatic heterocycles. The Labute approximate surface area is 198 Å². The van der Waals surface area contributed by atoms with Crippen molar-refractivity contribution in [3.8, 4) is 5.75 Å². The summed E-state index contributed by atoms with van der Waals surface area (Å²) in [6.45, 7) is 7.49. The predicted molar refractivity (Wildman–Crippen MR) is 124 cm³/mol. The summed E-state index contributed by atoms with van der Waals surface area (Å²) < 4.78 is 16.3. The van der Waals surface area contributed by atoms with Crippen molar-refractivity contribution in [3.63, 3.8) is 0 Å².